The SMILES string of the molecule is CC(C)n1nccc1[C@@H]1CN(C(=O)c2ccco2)C[C@]12CCCN(Cc1ccccn1)C2=O. The van der Waals surface area contributed by atoms with Crippen LogP contribution in [0.4, 0.5) is 0 Å². The van der Waals surface area contributed by atoms with Crippen LogP contribution in [0.2, 0.25) is 0 Å². The lowest BCUT2D eigenvalue weighted by molar-refractivity contribution is -0.147. The average Bonchev–Trinajstić information content (AvgIpc) is 3.57. The van der Waals surface area contributed by atoms with Crippen LogP contribution < -0.4 is 0 Å². The zero-order chi connectivity index (χ0) is 23.0. The van der Waals surface area contributed by atoms with Gasteiger partial charge in [-0.25, -0.2) is 0 Å². The second-order valence-electron chi connectivity index (χ2n) is 9.32. The number of aromatic nitrogens is 3. The van der Waals surface area contributed by atoms with E-state index in [4.69, 9.17) is 4.42 Å². The molecule has 8 nitrogen and oxygen atoms in total. The Balaban J connectivity index is 1.52. The Bertz CT molecular complexity index is 1120. The number of nitrogens with zero attached hydrogens (tertiary/aromatic N) is 5. The van der Waals surface area contributed by atoms with Crippen molar-refractivity contribution in [3.8, 4) is 0 Å². The Kier molecular flexibility index (Phi) is 5.52. The molecule has 8 heteroatoms. The molecule has 5 rings (SSSR count). The fourth-order valence-corrected chi connectivity index (χ4v) is 5.45. The molecule has 33 heavy (non-hydrogen) atoms. The smallest absolute Gasteiger partial charge is 0.289 e. The van der Waals surface area contributed by atoms with Crippen molar-refractivity contribution in [1.82, 2.24) is 24.6 Å². The normalized spacial score (nSPS) is 23.1. The van der Waals surface area contributed by atoms with E-state index in [2.05, 4.69) is 23.9 Å². The maximum absolute atomic E-state index is 14.1. The van der Waals surface area contributed by atoms with Gasteiger partial charge in [-0.2, -0.15) is 5.10 Å². The summed E-state index contributed by atoms with van der Waals surface area (Å²) in [6.45, 7) is 6.17. The highest BCUT2D eigenvalue weighted by Gasteiger charge is 2.57. The van der Waals surface area contributed by atoms with Gasteiger partial charge in [0.2, 0.25) is 5.91 Å². The molecule has 0 radical (unpaired) electrons. The molecule has 2 atom stereocenters. The van der Waals surface area contributed by atoms with Gasteiger partial charge < -0.3 is 14.2 Å². The second-order valence-corrected chi connectivity index (χ2v) is 9.32. The number of carbonyl (C=O) groups is 2. The predicted octanol–water partition coefficient (Wildman–Crippen LogP) is 3.50. The van der Waals surface area contributed by atoms with Crippen molar-refractivity contribution >= 4 is 11.8 Å². The van der Waals surface area contributed by atoms with Crippen molar-refractivity contribution in [2.75, 3.05) is 19.6 Å². The molecule has 2 fully saturated rings. The predicted molar refractivity (Wildman–Crippen MR) is 121 cm³/mol. The van der Waals surface area contributed by atoms with Crippen LogP contribution in [0.15, 0.2) is 59.5 Å². The molecule has 2 amide bonds. The molecular weight excluding hydrogens is 418 g/mol. The molecule has 3 aromatic rings. The van der Waals surface area contributed by atoms with E-state index in [0.29, 0.717) is 31.9 Å². The van der Waals surface area contributed by atoms with Crippen LogP contribution >= 0.6 is 0 Å². The van der Waals surface area contributed by atoms with E-state index in [0.717, 1.165) is 24.2 Å². The summed E-state index contributed by atoms with van der Waals surface area (Å²) in [5, 5.41) is 4.53. The summed E-state index contributed by atoms with van der Waals surface area (Å²) in [7, 11) is 0. The Morgan fingerprint density at radius 3 is 2.82 bits per heavy atom. The third-order valence-electron chi connectivity index (χ3n) is 6.95. The van der Waals surface area contributed by atoms with Gasteiger partial charge in [0.25, 0.3) is 5.91 Å². The van der Waals surface area contributed by atoms with Gasteiger partial charge in [-0.1, -0.05) is 6.07 Å². The fraction of sp³-hybridized carbons (Fsp3) is 0.440. The molecule has 0 saturated carbocycles. The van der Waals surface area contributed by atoms with Crippen LogP contribution in [-0.4, -0.2) is 56.0 Å². The Hall–Kier alpha value is -3.42. The summed E-state index contributed by atoms with van der Waals surface area (Å²) in [4.78, 5) is 35.4. The first kappa shape index (κ1) is 21.4. The summed E-state index contributed by atoms with van der Waals surface area (Å²) in [6, 6.07) is 11.3. The number of likely N-dealkylation sites (tertiary alicyclic amines) is 2. The monoisotopic (exact) mass is 447 g/mol. The van der Waals surface area contributed by atoms with Gasteiger partial charge in [0, 0.05) is 49.7 Å². The van der Waals surface area contributed by atoms with Crippen molar-refractivity contribution in [3.63, 3.8) is 0 Å². The molecule has 0 aliphatic carbocycles. The molecule has 2 aliphatic heterocycles. The average molecular weight is 448 g/mol. The van der Waals surface area contributed by atoms with Crippen molar-refractivity contribution in [2.45, 2.75) is 45.2 Å². The Morgan fingerprint density at radius 2 is 2.09 bits per heavy atom. The third kappa shape index (κ3) is 3.73. The van der Waals surface area contributed by atoms with E-state index < -0.39 is 5.41 Å². The number of furan rings is 1. The molecule has 0 aromatic carbocycles. The zero-order valence-corrected chi connectivity index (χ0v) is 19.1. The topological polar surface area (TPSA) is 84.5 Å². The van der Waals surface area contributed by atoms with Gasteiger partial charge in [0.05, 0.1) is 23.9 Å². The highest BCUT2D eigenvalue weighted by atomic mass is 16.3. The van der Waals surface area contributed by atoms with Crippen LogP contribution in [0.3, 0.4) is 0 Å². The zero-order valence-electron chi connectivity index (χ0n) is 19.1. The van der Waals surface area contributed by atoms with Gasteiger partial charge >= 0.3 is 0 Å². The van der Waals surface area contributed by atoms with Crippen molar-refractivity contribution in [3.05, 3.63) is 72.2 Å². The minimum atomic E-state index is -0.693. The third-order valence-corrected chi connectivity index (χ3v) is 6.95. The van der Waals surface area contributed by atoms with E-state index >= 15 is 0 Å². The first-order chi connectivity index (χ1) is 16.0. The molecule has 0 N–H and O–H groups in total. The Morgan fingerprint density at radius 1 is 1.21 bits per heavy atom. The number of pyridine rings is 1. The van der Waals surface area contributed by atoms with Crippen LogP contribution in [0.1, 0.15) is 60.6 Å². The van der Waals surface area contributed by atoms with E-state index in [9.17, 15) is 9.59 Å². The quantitative estimate of drug-likeness (QED) is 0.598. The molecular formula is C25H29N5O3. The van der Waals surface area contributed by atoms with Gasteiger partial charge in [-0.15, -0.1) is 0 Å². The summed E-state index contributed by atoms with van der Waals surface area (Å²) in [5.74, 6) is 0.0832. The molecule has 3 aromatic heterocycles. The molecule has 0 bridgehead atoms. The van der Waals surface area contributed by atoms with Gasteiger partial charge in [-0.05, 0) is 57.0 Å². The Labute approximate surface area is 193 Å². The molecule has 172 valence electrons. The summed E-state index contributed by atoms with van der Waals surface area (Å²) < 4.78 is 7.37. The van der Waals surface area contributed by atoms with Gasteiger partial charge in [0.15, 0.2) is 5.76 Å². The highest BCUT2D eigenvalue weighted by molar-refractivity contribution is 5.93. The lowest BCUT2D eigenvalue weighted by Crippen LogP contribution is -2.52. The van der Waals surface area contributed by atoms with E-state index in [1.807, 2.05) is 33.8 Å². The van der Waals surface area contributed by atoms with E-state index in [1.54, 1.807) is 29.4 Å². The molecule has 2 aliphatic rings. The summed E-state index contributed by atoms with van der Waals surface area (Å²) in [5.41, 5.74) is 1.18. The van der Waals surface area contributed by atoms with Crippen LogP contribution in [-0.2, 0) is 11.3 Å². The van der Waals surface area contributed by atoms with E-state index in [1.165, 1.54) is 6.26 Å². The van der Waals surface area contributed by atoms with E-state index in [-0.39, 0.29) is 23.8 Å². The van der Waals surface area contributed by atoms with Crippen LogP contribution in [0, 0.1) is 5.41 Å². The van der Waals surface area contributed by atoms with Crippen molar-refractivity contribution < 1.29 is 14.0 Å². The number of hydrogen-bond donors (Lipinski definition) is 0. The fourth-order valence-electron chi connectivity index (χ4n) is 5.45. The number of amides is 2. The van der Waals surface area contributed by atoms with Gasteiger partial charge in [0.1, 0.15) is 0 Å². The first-order valence-corrected chi connectivity index (χ1v) is 11.5. The van der Waals surface area contributed by atoms with Crippen molar-refractivity contribution in [1.29, 1.82) is 0 Å². The number of hydrogen-bond acceptors (Lipinski definition) is 5. The largest absolute Gasteiger partial charge is 0.459 e. The maximum Gasteiger partial charge on any atom is 0.289 e. The standard InChI is InChI=1S/C25H29N5O3/c1-18(2)30-21(9-12-27-30)20-16-29(23(31)22-8-5-14-33-22)17-25(20)10-6-13-28(24(25)32)15-19-7-3-4-11-26-19/h3-5,7-9,11-12,14,18,20H,6,10,13,15-17H2,1-2H3/t20-,25+/m0/s1. The summed E-state index contributed by atoms with van der Waals surface area (Å²) >= 11 is 0. The highest BCUT2D eigenvalue weighted by Crippen LogP contribution is 2.50. The second kappa shape index (κ2) is 8.50. The minimum Gasteiger partial charge on any atom is -0.459 e. The lowest BCUT2D eigenvalue weighted by atomic mass is 9.70. The number of piperidine rings is 1. The molecule has 1 spiro atoms. The summed E-state index contributed by atoms with van der Waals surface area (Å²) in [6.07, 6.45) is 6.67. The van der Waals surface area contributed by atoms with Crippen LogP contribution in [0.25, 0.3) is 0 Å². The van der Waals surface area contributed by atoms with Crippen LogP contribution in [0.5, 0.6) is 0 Å². The molecule has 5 heterocycles. The minimum absolute atomic E-state index is 0.0932. The number of rotatable bonds is 5. The number of carbonyl (C=O) groups excluding carboxylic acids is 2. The molecule has 2 saturated heterocycles. The first-order valence-electron chi connectivity index (χ1n) is 11.5. The molecule has 0 unspecified atom stereocenters. The lowest BCUT2D eigenvalue weighted by Gasteiger charge is -2.42. The van der Waals surface area contributed by atoms with Gasteiger partial charge in [-0.3, -0.25) is 19.3 Å². The van der Waals surface area contributed by atoms with Crippen molar-refractivity contribution in [2.24, 2.45) is 5.41 Å². The maximum atomic E-state index is 14.1.